The van der Waals surface area contributed by atoms with Gasteiger partial charge < -0.3 is 9.88 Å². The summed E-state index contributed by atoms with van der Waals surface area (Å²) in [7, 11) is -1.53. The highest BCUT2D eigenvalue weighted by molar-refractivity contribution is 7.86. The summed E-state index contributed by atoms with van der Waals surface area (Å²) in [6.45, 7) is 2.91. The predicted octanol–water partition coefficient (Wildman–Crippen LogP) is 0.0174. The highest BCUT2D eigenvalue weighted by Gasteiger charge is 2.37. The van der Waals surface area contributed by atoms with E-state index in [2.05, 4.69) is 10.3 Å². The summed E-state index contributed by atoms with van der Waals surface area (Å²) in [5.41, 5.74) is 0. The molecule has 1 aromatic heterocycles. The van der Waals surface area contributed by atoms with Crippen LogP contribution in [0.4, 0.5) is 0 Å². The van der Waals surface area contributed by atoms with Gasteiger partial charge in [0, 0.05) is 44.6 Å². The van der Waals surface area contributed by atoms with E-state index in [0.717, 1.165) is 25.1 Å². The van der Waals surface area contributed by atoms with Crippen LogP contribution in [-0.2, 0) is 23.3 Å². The minimum atomic E-state index is -3.40. The van der Waals surface area contributed by atoms with Crippen LogP contribution in [0.3, 0.4) is 0 Å². The van der Waals surface area contributed by atoms with E-state index in [4.69, 9.17) is 0 Å². The number of rotatable bonds is 4. The van der Waals surface area contributed by atoms with Crippen molar-refractivity contribution in [1.82, 2.24) is 23.5 Å². The fraction of sp³-hybridized carbons (Fsp3) is 0.769. The van der Waals surface area contributed by atoms with Gasteiger partial charge in [-0.15, -0.1) is 0 Å². The lowest BCUT2D eigenvalue weighted by Gasteiger charge is -2.39. The summed E-state index contributed by atoms with van der Waals surface area (Å²) in [5.74, 6) is 0.826. The minimum absolute atomic E-state index is 0.0652. The van der Waals surface area contributed by atoms with Crippen molar-refractivity contribution in [3.05, 3.63) is 18.2 Å². The average Bonchev–Trinajstić information content (AvgIpc) is 2.95. The largest absolute Gasteiger partial charge is 0.333 e. The van der Waals surface area contributed by atoms with Crippen LogP contribution in [0.5, 0.6) is 0 Å². The molecule has 21 heavy (non-hydrogen) atoms. The van der Waals surface area contributed by atoms with Crippen molar-refractivity contribution in [2.24, 2.45) is 0 Å². The molecule has 0 aromatic carbocycles. The second kappa shape index (κ2) is 6.04. The van der Waals surface area contributed by atoms with E-state index in [9.17, 15) is 8.42 Å². The number of hydrogen-bond donors (Lipinski definition) is 1. The lowest BCUT2D eigenvalue weighted by molar-refractivity contribution is 0.219. The molecule has 0 bridgehead atoms. The van der Waals surface area contributed by atoms with Crippen LogP contribution in [0.1, 0.15) is 25.1 Å². The van der Waals surface area contributed by atoms with Crippen LogP contribution >= 0.6 is 0 Å². The highest BCUT2D eigenvalue weighted by atomic mass is 32.2. The molecule has 8 heteroatoms. The maximum absolute atomic E-state index is 12.9. The van der Waals surface area contributed by atoms with Crippen LogP contribution < -0.4 is 5.32 Å². The first-order valence-electron chi connectivity index (χ1n) is 7.54. The number of hydrogen-bond acceptors (Lipinski definition) is 4. The number of imidazole rings is 1. The Balaban J connectivity index is 1.79. The number of nitrogens with zero attached hydrogens (tertiary/aromatic N) is 4. The van der Waals surface area contributed by atoms with E-state index in [1.807, 2.05) is 17.8 Å². The molecule has 7 nitrogen and oxygen atoms in total. The molecule has 1 atom stereocenters. The Bertz CT molecular complexity index is 583. The Hall–Kier alpha value is -0.960. The molecular weight excluding hydrogens is 290 g/mol. The van der Waals surface area contributed by atoms with Crippen LogP contribution in [0.2, 0.25) is 0 Å². The third-order valence-electron chi connectivity index (χ3n) is 4.35. The van der Waals surface area contributed by atoms with Gasteiger partial charge in [0.25, 0.3) is 10.2 Å². The van der Waals surface area contributed by atoms with E-state index in [1.54, 1.807) is 14.8 Å². The van der Waals surface area contributed by atoms with Gasteiger partial charge in [0.2, 0.25) is 0 Å². The van der Waals surface area contributed by atoms with Crippen molar-refractivity contribution in [1.29, 1.82) is 0 Å². The first-order chi connectivity index (χ1) is 10.1. The van der Waals surface area contributed by atoms with Gasteiger partial charge >= 0.3 is 0 Å². The quantitative estimate of drug-likeness (QED) is 0.850. The zero-order chi connectivity index (χ0) is 14.9. The molecule has 1 saturated heterocycles. The van der Waals surface area contributed by atoms with Crippen molar-refractivity contribution in [3.63, 3.8) is 0 Å². The molecule has 1 fully saturated rings. The maximum Gasteiger partial charge on any atom is 0.282 e. The Kier molecular flexibility index (Phi) is 4.30. The Morgan fingerprint density at radius 2 is 2.19 bits per heavy atom. The van der Waals surface area contributed by atoms with Gasteiger partial charge in [0.1, 0.15) is 5.82 Å². The number of aromatic nitrogens is 2. The van der Waals surface area contributed by atoms with Crippen molar-refractivity contribution < 1.29 is 8.42 Å². The van der Waals surface area contributed by atoms with Crippen LogP contribution in [-0.4, -0.2) is 59.3 Å². The molecule has 0 aliphatic carbocycles. The number of nitrogens with one attached hydrogen (secondary N) is 1. The van der Waals surface area contributed by atoms with Crippen molar-refractivity contribution >= 4 is 10.2 Å². The molecule has 0 radical (unpaired) electrons. The Morgan fingerprint density at radius 1 is 1.33 bits per heavy atom. The first kappa shape index (κ1) is 15.0. The number of likely N-dealkylation sites (N-methyl/N-ethyl adjacent to an activating group) is 1. The second-order valence-electron chi connectivity index (χ2n) is 5.70. The van der Waals surface area contributed by atoms with Crippen LogP contribution in [0, 0.1) is 0 Å². The third kappa shape index (κ3) is 2.85. The highest BCUT2D eigenvalue weighted by Crippen LogP contribution is 2.24. The van der Waals surface area contributed by atoms with Crippen molar-refractivity contribution in [3.8, 4) is 0 Å². The maximum atomic E-state index is 12.9. The molecule has 1 aromatic rings. The topological polar surface area (TPSA) is 70.5 Å². The molecule has 2 aliphatic rings. The van der Waals surface area contributed by atoms with Gasteiger partial charge in [-0.3, -0.25) is 0 Å². The Labute approximate surface area is 126 Å². The van der Waals surface area contributed by atoms with Gasteiger partial charge in [-0.1, -0.05) is 6.42 Å². The smallest absolute Gasteiger partial charge is 0.282 e. The lowest BCUT2D eigenvalue weighted by atomic mass is 10.1. The van der Waals surface area contributed by atoms with Gasteiger partial charge in [-0.25, -0.2) is 4.98 Å². The summed E-state index contributed by atoms with van der Waals surface area (Å²) in [6.07, 6.45) is 6.62. The first-order valence-corrected chi connectivity index (χ1v) is 8.94. The van der Waals surface area contributed by atoms with E-state index in [0.29, 0.717) is 32.7 Å². The fourth-order valence-electron chi connectivity index (χ4n) is 3.21. The molecule has 2 aliphatic heterocycles. The standard InChI is InChI=1S/C13H23N5O2S/c1-14-10-12-4-2-3-6-18(12)21(19,20)17-9-8-16-7-5-15-13(16)11-17/h5,7,12,14H,2-4,6,8-11H2,1H3. The van der Waals surface area contributed by atoms with Gasteiger partial charge in [-0.05, 0) is 19.9 Å². The molecule has 118 valence electrons. The van der Waals surface area contributed by atoms with E-state index in [-0.39, 0.29) is 6.04 Å². The predicted molar refractivity (Wildman–Crippen MR) is 79.8 cm³/mol. The zero-order valence-corrected chi connectivity index (χ0v) is 13.2. The summed E-state index contributed by atoms with van der Waals surface area (Å²) >= 11 is 0. The van der Waals surface area contributed by atoms with E-state index >= 15 is 0 Å². The summed E-state index contributed by atoms with van der Waals surface area (Å²) < 4.78 is 31.2. The summed E-state index contributed by atoms with van der Waals surface area (Å²) in [4.78, 5) is 4.25. The lowest BCUT2D eigenvalue weighted by Crippen LogP contribution is -2.54. The summed E-state index contributed by atoms with van der Waals surface area (Å²) in [6, 6.07) is 0.0652. The van der Waals surface area contributed by atoms with Crippen LogP contribution in [0.15, 0.2) is 12.4 Å². The normalized spacial score (nSPS) is 24.9. The molecule has 3 heterocycles. The third-order valence-corrected chi connectivity index (χ3v) is 6.38. The van der Waals surface area contributed by atoms with E-state index in [1.165, 1.54) is 0 Å². The molecule has 0 saturated carbocycles. The van der Waals surface area contributed by atoms with Crippen molar-refractivity contribution in [2.75, 3.05) is 26.7 Å². The molecule has 3 rings (SSSR count). The minimum Gasteiger partial charge on any atom is -0.333 e. The molecular formula is C13H23N5O2S. The molecule has 1 unspecified atom stereocenters. The van der Waals surface area contributed by atoms with E-state index < -0.39 is 10.2 Å². The van der Waals surface area contributed by atoms with Gasteiger partial charge in [-0.2, -0.15) is 17.0 Å². The zero-order valence-electron chi connectivity index (χ0n) is 12.4. The van der Waals surface area contributed by atoms with Gasteiger partial charge in [0.05, 0.1) is 6.54 Å². The Morgan fingerprint density at radius 3 is 3.00 bits per heavy atom. The fourth-order valence-corrected chi connectivity index (χ4v) is 5.02. The van der Waals surface area contributed by atoms with Crippen LogP contribution in [0.25, 0.3) is 0 Å². The summed E-state index contributed by atoms with van der Waals surface area (Å²) in [5, 5.41) is 3.11. The molecule has 0 amide bonds. The average molecular weight is 313 g/mol. The molecule has 1 N–H and O–H groups in total. The van der Waals surface area contributed by atoms with Gasteiger partial charge in [0.15, 0.2) is 0 Å². The monoisotopic (exact) mass is 313 g/mol. The number of fused-ring (bicyclic) bond motifs is 1. The molecule has 0 spiro atoms. The van der Waals surface area contributed by atoms with Crippen molar-refractivity contribution in [2.45, 2.75) is 38.4 Å². The second-order valence-corrected chi connectivity index (χ2v) is 7.58. The number of piperidine rings is 1. The SMILES string of the molecule is CNCC1CCCCN1S(=O)(=O)N1CCn2ccnc2C1.